The van der Waals surface area contributed by atoms with Crippen LogP contribution in [-0.4, -0.2) is 38.2 Å². The average Bonchev–Trinajstić information content (AvgIpc) is 2.62. The second-order valence-corrected chi connectivity index (χ2v) is 2.47. The molecule has 2 aromatic heterocycles. The molecule has 0 atom stereocenters. The smallest absolute Gasteiger partial charge is 0.182 e. The number of anilines is 1. The summed E-state index contributed by atoms with van der Waals surface area (Å²) in [6.07, 6.45) is 2.99. The van der Waals surface area contributed by atoms with E-state index in [0.717, 1.165) is 5.52 Å². The van der Waals surface area contributed by atoms with Crippen LogP contribution in [0, 0.1) is 0 Å². The van der Waals surface area contributed by atoms with Gasteiger partial charge in [-0.25, -0.2) is 15.0 Å². The van der Waals surface area contributed by atoms with Crippen molar-refractivity contribution in [2.24, 2.45) is 0 Å². The first-order valence-electron chi connectivity index (χ1n) is 3.90. The van der Waals surface area contributed by atoms with Crippen LogP contribution in [-0.2, 0) is 0 Å². The van der Waals surface area contributed by atoms with Gasteiger partial charge in [-0.1, -0.05) is 0 Å². The fourth-order valence-electron chi connectivity index (χ4n) is 1.07. The van der Waals surface area contributed by atoms with Crippen molar-refractivity contribution in [3.63, 3.8) is 0 Å². The highest BCUT2D eigenvalue weighted by Gasteiger charge is 2.03. The molecular weight excluding hydrogens is 170 g/mol. The van der Waals surface area contributed by atoms with Gasteiger partial charge in [-0.05, 0) is 0 Å². The maximum atomic E-state index is 8.62. The van der Waals surface area contributed by atoms with Crippen LogP contribution in [0.1, 0.15) is 0 Å². The molecule has 6 heteroatoms. The number of nitrogens with one attached hydrogen (secondary N) is 2. The molecule has 0 amide bonds. The van der Waals surface area contributed by atoms with Gasteiger partial charge in [0, 0.05) is 6.54 Å². The van der Waals surface area contributed by atoms with E-state index in [-0.39, 0.29) is 6.61 Å². The molecular formula is C7H9N5O. The first kappa shape index (κ1) is 7.93. The molecule has 13 heavy (non-hydrogen) atoms. The van der Waals surface area contributed by atoms with Gasteiger partial charge in [-0.15, -0.1) is 0 Å². The number of H-pyrrole nitrogens is 1. The number of aromatic nitrogens is 4. The molecule has 2 rings (SSSR count). The van der Waals surface area contributed by atoms with Crippen molar-refractivity contribution in [3.05, 3.63) is 12.7 Å². The minimum Gasteiger partial charge on any atom is -0.395 e. The monoisotopic (exact) mass is 179 g/mol. The van der Waals surface area contributed by atoms with Gasteiger partial charge in [-0.2, -0.15) is 0 Å². The molecule has 0 radical (unpaired) electrons. The summed E-state index contributed by atoms with van der Waals surface area (Å²) in [7, 11) is 0. The van der Waals surface area contributed by atoms with Gasteiger partial charge in [0.1, 0.15) is 11.8 Å². The summed E-state index contributed by atoms with van der Waals surface area (Å²) < 4.78 is 0. The third-order valence-electron chi connectivity index (χ3n) is 1.63. The van der Waals surface area contributed by atoms with Crippen LogP contribution in [0.3, 0.4) is 0 Å². The van der Waals surface area contributed by atoms with E-state index in [1.165, 1.54) is 6.33 Å². The highest BCUT2D eigenvalue weighted by molar-refractivity contribution is 5.81. The number of nitrogens with zero attached hydrogens (tertiary/aromatic N) is 3. The predicted molar refractivity (Wildman–Crippen MR) is 47.3 cm³/mol. The van der Waals surface area contributed by atoms with Crippen LogP contribution in [0.2, 0.25) is 0 Å². The van der Waals surface area contributed by atoms with E-state index < -0.39 is 0 Å². The zero-order valence-electron chi connectivity index (χ0n) is 6.86. The Morgan fingerprint density at radius 3 is 3.15 bits per heavy atom. The lowest BCUT2D eigenvalue weighted by molar-refractivity contribution is 0.311. The molecule has 2 aromatic rings. The van der Waals surface area contributed by atoms with E-state index in [2.05, 4.69) is 25.3 Å². The molecule has 0 spiro atoms. The molecule has 0 aliphatic carbocycles. The molecule has 0 fully saturated rings. The first-order chi connectivity index (χ1) is 6.42. The molecule has 3 N–H and O–H groups in total. The highest BCUT2D eigenvalue weighted by Crippen LogP contribution is 2.13. The fraction of sp³-hybridized carbons (Fsp3) is 0.286. The Morgan fingerprint density at radius 2 is 2.31 bits per heavy atom. The molecule has 0 saturated heterocycles. The van der Waals surface area contributed by atoms with Crippen LogP contribution in [0.4, 0.5) is 5.82 Å². The van der Waals surface area contributed by atoms with E-state index in [1.54, 1.807) is 6.33 Å². The third kappa shape index (κ3) is 1.43. The van der Waals surface area contributed by atoms with Gasteiger partial charge in [-0.3, -0.25) is 0 Å². The van der Waals surface area contributed by atoms with Crippen molar-refractivity contribution < 1.29 is 5.11 Å². The largest absolute Gasteiger partial charge is 0.395 e. The topological polar surface area (TPSA) is 86.7 Å². The number of hydrogen-bond acceptors (Lipinski definition) is 5. The van der Waals surface area contributed by atoms with Gasteiger partial charge in [0.25, 0.3) is 0 Å². The van der Waals surface area contributed by atoms with Crippen molar-refractivity contribution in [3.8, 4) is 0 Å². The standard InChI is InChI=1S/C7H9N5O/c13-2-1-8-6-5-7(10-3-9-5)12-4-11-6/h3-4,13H,1-2H2,(H2,8,9,10,11,12). The summed E-state index contributed by atoms with van der Waals surface area (Å²) in [6.45, 7) is 0.533. The zero-order chi connectivity index (χ0) is 9.10. The third-order valence-corrected chi connectivity index (χ3v) is 1.63. The lowest BCUT2D eigenvalue weighted by Crippen LogP contribution is -2.07. The number of hydrogen-bond donors (Lipinski definition) is 3. The molecule has 6 nitrogen and oxygen atoms in total. The Labute approximate surface area is 74.1 Å². The summed E-state index contributed by atoms with van der Waals surface area (Å²) in [5.74, 6) is 0.663. The molecule has 0 saturated carbocycles. The molecule has 0 aliphatic rings. The highest BCUT2D eigenvalue weighted by atomic mass is 16.3. The number of aromatic amines is 1. The van der Waals surface area contributed by atoms with Crippen LogP contribution in [0.25, 0.3) is 11.2 Å². The summed E-state index contributed by atoms with van der Waals surface area (Å²) in [5.41, 5.74) is 1.38. The van der Waals surface area contributed by atoms with Crippen LogP contribution in [0.15, 0.2) is 12.7 Å². The summed E-state index contributed by atoms with van der Waals surface area (Å²) >= 11 is 0. The van der Waals surface area contributed by atoms with E-state index >= 15 is 0 Å². The number of rotatable bonds is 3. The van der Waals surface area contributed by atoms with Crippen LogP contribution < -0.4 is 5.32 Å². The fourth-order valence-corrected chi connectivity index (χ4v) is 1.07. The Morgan fingerprint density at radius 1 is 1.38 bits per heavy atom. The maximum Gasteiger partial charge on any atom is 0.182 e. The summed E-state index contributed by atoms with van der Waals surface area (Å²) in [6, 6.07) is 0. The van der Waals surface area contributed by atoms with Crippen molar-refractivity contribution in [2.45, 2.75) is 0 Å². The zero-order valence-corrected chi connectivity index (χ0v) is 6.86. The van der Waals surface area contributed by atoms with E-state index in [9.17, 15) is 0 Å². The normalized spacial score (nSPS) is 10.5. The Balaban J connectivity index is 2.37. The molecule has 2 heterocycles. The van der Waals surface area contributed by atoms with Crippen LogP contribution in [0.5, 0.6) is 0 Å². The van der Waals surface area contributed by atoms with Gasteiger partial charge in [0.05, 0.1) is 12.9 Å². The van der Waals surface area contributed by atoms with Gasteiger partial charge in [0.2, 0.25) is 0 Å². The van der Waals surface area contributed by atoms with E-state index in [4.69, 9.17) is 5.11 Å². The summed E-state index contributed by atoms with van der Waals surface area (Å²) in [5, 5.41) is 11.6. The van der Waals surface area contributed by atoms with Crippen molar-refractivity contribution in [1.82, 2.24) is 19.9 Å². The SMILES string of the molecule is OCCNc1ncnc2nc[nH]c12. The number of imidazole rings is 1. The number of fused-ring (bicyclic) bond motifs is 1. The van der Waals surface area contributed by atoms with Gasteiger partial charge < -0.3 is 15.4 Å². The second-order valence-electron chi connectivity index (χ2n) is 2.47. The molecule has 68 valence electrons. The molecule has 0 aliphatic heterocycles. The minimum atomic E-state index is 0.0691. The lowest BCUT2D eigenvalue weighted by Gasteiger charge is -2.02. The number of aliphatic hydroxyl groups is 1. The molecule has 0 bridgehead atoms. The Hall–Kier alpha value is -1.69. The maximum absolute atomic E-state index is 8.62. The molecule has 0 unspecified atom stereocenters. The predicted octanol–water partition coefficient (Wildman–Crippen LogP) is -0.243. The van der Waals surface area contributed by atoms with Crippen molar-refractivity contribution >= 4 is 17.0 Å². The second kappa shape index (κ2) is 3.36. The van der Waals surface area contributed by atoms with E-state index in [0.29, 0.717) is 18.0 Å². The lowest BCUT2D eigenvalue weighted by atomic mass is 10.5. The van der Waals surface area contributed by atoms with Gasteiger partial charge >= 0.3 is 0 Å². The van der Waals surface area contributed by atoms with Crippen LogP contribution >= 0.6 is 0 Å². The Kier molecular flexibility index (Phi) is 2.05. The van der Waals surface area contributed by atoms with Crippen molar-refractivity contribution in [2.75, 3.05) is 18.5 Å². The number of aliphatic hydroxyl groups excluding tert-OH is 1. The van der Waals surface area contributed by atoms with E-state index in [1.807, 2.05) is 0 Å². The van der Waals surface area contributed by atoms with Gasteiger partial charge in [0.15, 0.2) is 11.5 Å². The van der Waals surface area contributed by atoms with Crippen molar-refractivity contribution in [1.29, 1.82) is 0 Å². The molecule has 0 aromatic carbocycles. The summed E-state index contributed by atoms with van der Waals surface area (Å²) in [4.78, 5) is 14.9. The minimum absolute atomic E-state index is 0.0691. The quantitative estimate of drug-likeness (QED) is 0.605. The first-order valence-corrected chi connectivity index (χ1v) is 3.90. The Bertz CT molecular complexity index is 398. The average molecular weight is 179 g/mol.